The van der Waals surface area contributed by atoms with Gasteiger partial charge in [0.25, 0.3) is 0 Å². The van der Waals surface area contributed by atoms with E-state index >= 15 is 0 Å². The maximum absolute atomic E-state index is 3.88. The third-order valence-corrected chi connectivity index (χ3v) is 5.78. The van der Waals surface area contributed by atoms with Crippen LogP contribution in [0.25, 0.3) is 0 Å². The van der Waals surface area contributed by atoms with E-state index in [-0.39, 0.29) is 0 Å². The lowest BCUT2D eigenvalue weighted by molar-refractivity contribution is 0.0966. The van der Waals surface area contributed by atoms with E-state index in [2.05, 4.69) is 75.9 Å². The molecule has 6 atom stereocenters. The van der Waals surface area contributed by atoms with Crippen LogP contribution in [0.1, 0.15) is 19.3 Å². The summed E-state index contributed by atoms with van der Waals surface area (Å²) in [6.45, 7) is 0. The number of hydrogen-bond acceptors (Lipinski definition) is 3. The Morgan fingerprint density at radius 2 is 1.73 bits per heavy atom. The number of fused-ring (bicyclic) bond motifs is 5. The first-order valence-corrected chi connectivity index (χ1v) is 8.59. The third kappa shape index (κ3) is 1.79. The molecule has 114 valence electrons. The van der Waals surface area contributed by atoms with E-state index in [9.17, 15) is 0 Å². The van der Waals surface area contributed by atoms with E-state index in [1.54, 1.807) is 0 Å². The highest BCUT2D eigenvalue weighted by molar-refractivity contribution is 5.29. The van der Waals surface area contributed by atoms with E-state index in [0.29, 0.717) is 36.5 Å². The van der Waals surface area contributed by atoms with Crippen LogP contribution in [0.5, 0.6) is 0 Å². The van der Waals surface area contributed by atoms with Gasteiger partial charge in [-0.15, -0.1) is 0 Å². The predicted molar refractivity (Wildman–Crippen MR) is 89.1 cm³/mol. The summed E-state index contributed by atoms with van der Waals surface area (Å²) in [6, 6.07) is 2.68. The topological polar surface area (TPSA) is 18.5 Å². The molecule has 5 rings (SSSR count). The first-order valence-electron chi connectivity index (χ1n) is 8.59. The Bertz CT molecular complexity index is 600. The zero-order valence-electron chi connectivity index (χ0n) is 12.8. The van der Waals surface area contributed by atoms with Gasteiger partial charge in [-0.25, -0.2) is 0 Å². The van der Waals surface area contributed by atoms with Gasteiger partial charge in [0.15, 0.2) is 0 Å². The van der Waals surface area contributed by atoms with Crippen LogP contribution in [0.4, 0.5) is 0 Å². The Morgan fingerprint density at radius 1 is 0.818 bits per heavy atom. The maximum atomic E-state index is 3.88. The van der Waals surface area contributed by atoms with Gasteiger partial charge in [-0.3, -0.25) is 15.1 Å². The van der Waals surface area contributed by atoms with Crippen LogP contribution < -0.4 is 5.32 Å². The lowest BCUT2D eigenvalue weighted by Crippen LogP contribution is -2.51. The zero-order chi connectivity index (χ0) is 14.5. The Morgan fingerprint density at radius 3 is 2.64 bits per heavy atom. The van der Waals surface area contributed by atoms with Crippen LogP contribution in [-0.2, 0) is 0 Å². The number of rotatable bonds is 1. The fourth-order valence-electron chi connectivity index (χ4n) is 4.88. The highest BCUT2D eigenvalue weighted by Gasteiger charge is 2.55. The fraction of sp³-hybridized carbons (Fsp3) is 0.474. The molecular formula is C19H23N3. The first kappa shape index (κ1) is 13.1. The first-order chi connectivity index (χ1) is 10.9. The van der Waals surface area contributed by atoms with Crippen molar-refractivity contribution in [3.05, 3.63) is 60.8 Å². The summed E-state index contributed by atoms with van der Waals surface area (Å²) >= 11 is 0. The third-order valence-electron chi connectivity index (χ3n) is 5.78. The molecule has 2 fully saturated rings. The van der Waals surface area contributed by atoms with Crippen molar-refractivity contribution in [1.29, 1.82) is 0 Å². The summed E-state index contributed by atoms with van der Waals surface area (Å²) in [4.78, 5) is 5.45. The molecule has 0 bridgehead atoms. The van der Waals surface area contributed by atoms with E-state index in [4.69, 9.17) is 0 Å². The molecule has 3 nitrogen and oxygen atoms in total. The molecule has 2 saturated heterocycles. The van der Waals surface area contributed by atoms with Crippen LogP contribution in [0.2, 0.25) is 0 Å². The minimum atomic E-state index is 0.362. The molecule has 3 heteroatoms. The number of nitrogens with zero attached hydrogens (tertiary/aromatic N) is 2. The molecule has 0 aromatic carbocycles. The van der Waals surface area contributed by atoms with E-state index in [1.807, 2.05) is 0 Å². The van der Waals surface area contributed by atoms with Gasteiger partial charge in [0.05, 0.1) is 6.04 Å². The van der Waals surface area contributed by atoms with E-state index < -0.39 is 0 Å². The van der Waals surface area contributed by atoms with Crippen LogP contribution in [0.3, 0.4) is 0 Å². The van der Waals surface area contributed by atoms with Crippen molar-refractivity contribution in [2.24, 2.45) is 0 Å². The molecule has 0 radical (unpaired) electrons. The van der Waals surface area contributed by atoms with Crippen molar-refractivity contribution in [3.63, 3.8) is 0 Å². The van der Waals surface area contributed by atoms with Crippen LogP contribution in [-0.4, -0.2) is 46.3 Å². The molecule has 0 spiro atoms. The van der Waals surface area contributed by atoms with Gasteiger partial charge in [0, 0.05) is 24.2 Å². The van der Waals surface area contributed by atoms with Crippen LogP contribution in [0.15, 0.2) is 60.8 Å². The zero-order valence-corrected chi connectivity index (χ0v) is 12.8. The average molecular weight is 293 g/mol. The fourth-order valence-corrected chi connectivity index (χ4v) is 4.88. The maximum Gasteiger partial charge on any atom is 0.119 e. The molecule has 0 amide bonds. The second-order valence-electron chi connectivity index (χ2n) is 6.90. The summed E-state index contributed by atoms with van der Waals surface area (Å²) < 4.78 is 0. The van der Waals surface area contributed by atoms with Crippen molar-refractivity contribution in [2.75, 3.05) is 0 Å². The lowest BCUT2D eigenvalue weighted by atomic mass is 9.92. The van der Waals surface area contributed by atoms with Crippen molar-refractivity contribution in [3.8, 4) is 0 Å². The minimum absolute atomic E-state index is 0.362. The molecule has 22 heavy (non-hydrogen) atoms. The van der Waals surface area contributed by atoms with Gasteiger partial charge in [-0.2, -0.15) is 0 Å². The van der Waals surface area contributed by atoms with Crippen molar-refractivity contribution in [2.45, 2.75) is 55.8 Å². The van der Waals surface area contributed by atoms with Gasteiger partial charge < -0.3 is 0 Å². The molecule has 0 aromatic rings. The second-order valence-corrected chi connectivity index (χ2v) is 6.90. The van der Waals surface area contributed by atoms with E-state index in [1.165, 1.54) is 12.8 Å². The summed E-state index contributed by atoms with van der Waals surface area (Å²) in [5.74, 6) is 0. The van der Waals surface area contributed by atoms with Crippen LogP contribution >= 0.6 is 0 Å². The molecule has 3 aliphatic carbocycles. The number of allylic oxidation sites excluding steroid dienone is 5. The summed E-state index contributed by atoms with van der Waals surface area (Å²) in [7, 11) is 0. The summed E-state index contributed by atoms with van der Waals surface area (Å²) in [5.41, 5.74) is 0. The van der Waals surface area contributed by atoms with Crippen molar-refractivity contribution >= 4 is 0 Å². The molecule has 2 heterocycles. The lowest BCUT2D eigenvalue weighted by Gasteiger charge is -2.37. The molecule has 6 unspecified atom stereocenters. The molecule has 5 aliphatic rings. The minimum Gasteiger partial charge on any atom is -0.281 e. The highest BCUT2D eigenvalue weighted by Crippen LogP contribution is 2.41. The normalized spacial score (nSPS) is 46.0. The van der Waals surface area contributed by atoms with Gasteiger partial charge >= 0.3 is 0 Å². The predicted octanol–water partition coefficient (Wildman–Crippen LogP) is 2.33. The van der Waals surface area contributed by atoms with Gasteiger partial charge in [-0.1, -0.05) is 60.8 Å². The Kier molecular flexibility index (Phi) is 3.00. The Labute approximate surface area is 132 Å². The second kappa shape index (κ2) is 5.05. The smallest absolute Gasteiger partial charge is 0.119 e. The van der Waals surface area contributed by atoms with Gasteiger partial charge in [0.1, 0.15) is 6.29 Å². The standard InChI is InChI=1S/C19H23N3/c1-2-8-14(9-3-1)21-17-12-6-7-13-18(17)22-16-11-5-4-10-15(16)20-19(21)22/h1-5,7-8,10-11,13-20H,6,9,12H2. The van der Waals surface area contributed by atoms with Gasteiger partial charge in [-0.05, 0) is 19.3 Å². The number of hydrogen-bond donors (Lipinski definition) is 1. The average Bonchev–Trinajstić information content (AvgIpc) is 3.10. The van der Waals surface area contributed by atoms with Crippen LogP contribution in [0, 0.1) is 0 Å². The molecular weight excluding hydrogens is 270 g/mol. The quantitative estimate of drug-likeness (QED) is 0.749. The Balaban J connectivity index is 1.53. The molecule has 0 aromatic heterocycles. The molecule has 0 saturated carbocycles. The summed E-state index contributed by atoms with van der Waals surface area (Å²) in [5, 5.41) is 3.88. The van der Waals surface area contributed by atoms with Crippen molar-refractivity contribution in [1.82, 2.24) is 15.1 Å². The monoisotopic (exact) mass is 293 g/mol. The summed E-state index contributed by atoms with van der Waals surface area (Å²) in [6.07, 6.45) is 27.0. The van der Waals surface area contributed by atoms with Crippen molar-refractivity contribution < 1.29 is 0 Å². The SMILES string of the molecule is C1=CCC(N2C3CCC=CC3N3C4C=CC=CC4NC32)C=C1. The van der Waals surface area contributed by atoms with Gasteiger partial charge in [0.2, 0.25) is 0 Å². The molecule has 1 N–H and O–H groups in total. The largest absolute Gasteiger partial charge is 0.281 e. The Hall–Kier alpha value is -1.42. The molecule has 2 aliphatic heterocycles. The highest BCUT2D eigenvalue weighted by atomic mass is 15.6. The van der Waals surface area contributed by atoms with E-state index in [0.717, 1.165) is 6.42 Å². The number of nitrogens with one attached hydrogen (secondary N) is 1.